The molecule has 192 valence electrons. The van der Waals surface area contributed by atoms with Crippen LogP contribution in [0.4, 0.5) is 0 Å². The lowest BCUT2D eigenvalue weighted by molar-refractivity contribution is -0.135. The molecular formula is C24H31ClN2O7S. The standard InChI is InChI=1S/C24H31ClN2O7S/c1-26(14-16-11-21(32-3)23(34-5)22(12-16)33-4)24(28)17-7-6-10-27(15-17)35(29,30)18-8-9-20(31-2)19(25)13-18/h8-9,11-13,17H,6-7,10,14-15H2,1-5H3/t17-/m1/s1. The van der Waals surface area contributed by atoms with E-state index in [-0.39, 0.29) is 22.4 Å². The summed E-state index contributed by atoms with van der Waals surface area (Å²) in [6.07, 6.45) is 1.19. The highest BCUT2D eigenvalue weighted by molar-refractivity contribution is 7.89. The van der Waals surface area contributed by atoms with Crippen LogP contribution in [0.25, 0.3) is 0 Å². The minimum absolute atomic E-state index is 0.0715. The molecule has 0 bridgehead atoms. The third-order valence-corrected chi connectivity index (χ3v) is 8.17. The fourth-order valence-corrected chi connectivity index (χ4v) is 6.08. The Morgan fingerprint density at radius 3 is 2.20 bits per heavy atom. The summed E-state index contributed by atoms with van der Waals surface area (Å²) in [6, 6.07) is 7.93. The average molecular weight is 527 g/mol. The van der Waals surface area contributed by atoms with Gasteiger partial charge >= 0.3 is 0 Å². The maximum absolute atomic E-state index is 13.3. The van der Waals surface area contributed by atoms with Gasteiger partial charge in [0, 0.05) is 26.7 Å². The molecular weight excluding hydrogens is 496 g/mol. The molecule has 1 aliphatic rings. The highest BCUT2D eigenvalue weighted by Crippen LogP contribution is 2.38. The summed E-state index contributed by atoms with van der Waals surface area (Å²) in [4.78, 5) is 14.9. The second-order valence-corrected chi connectivity index (χ2v) is 10.6. The summed E-state index contributed by atoms with van der Waals surface area (Å²) in [6.45, 7) is 0.740. The Bertz CT molecular complexity index is 1150. The molecule has 0 radical (unpaired) electrons. The van der Waals surface area contributed by atoms with Gasteiger partial charge in [-0.15, -0.1) is 0 Å². The number of carbonyl (C=O) groups is 1. The van der Waals surface area contributed by atoms with Gasteiger partial charge in [0.15, 0.2) is 11.5 Å². The molecule has 1 heterocycles. The Labute approximate surface area is 211 Å². The van der Waals surface area contributed by atoms with Crippen molar-refractivity contribution in [3.8, 4) is 23.0 Å². The average Bonchev–Trinajstić information content (AvgIpc) is 2.87. The fraction of sp³-hybridized carbons (Fsp3) is 0.458. The van der Waals surface area contributed by atoms with Gasteiger partial charge in [0.05, 0.1) is 44.3 Å². The molecule has 0 saturated carbocycles. The minimum atomic E-state index is -3.81. The number of methoxy groups -OCH3 is 4. The van der Waals surface area contributed by atoms with E-state index >= 15 is 0 Å². The van der Waals surface area contributed by atoms with Gasteiger partial charge in [0.25, 0.3) is 0 Å². The number of carbonyl (C=O) groups excluding carboxylic acids is 1. The summed E-state index contributed by atoms with van der Waals surface area (Å²) < 4.78 is 49.1. The third kappa shape index (κ3) is 5.76. The van der Waals surface area contributed by atoms with Crippen molar-refractivity contribution in [2.75, 3.05) is 48.6 Å². The van der Waals surface area contributed by atoms with Crippen molar-refractivity contribution in [3.05, 3.63) is 40.9 Å². The van der Waals surface area contributed by atoms with E-state index in [0.29, 0.717) is 48.9 Å². The second-order valence-electron chi connectivity index (χ2n) is 8.23. The normalized spacial score (nSPS) is 16.5. The van der Waals surface area contributed by atoms with Crippen LogP contribution in [0.3, 0.4) is 0 Å². The first-order valence-corrected chi connectivity index (χ1v) is 12.9. The summed E-state index contributed by atoms with van der Waals surface area (Å²) in [5, 5.41) is 0.211. The molecule has 0 spiro atoms. The van der Waals surface area contributed by atoms with Crippen LogP contribution in [-0.4, -0.2) is 72.1 Å². The zero-order valence-corrected chi connectivity index (χ0v) is 22.1. The molecule has 1 atom stereocenters. The Kier molecular flexibility index (Phi) is 8.74. The Hall–Kier alpha value is -2.69. The minimum Gasteiger partial charge on any atom is -0.495 e. The van der Waals surface area contributed by atoms with E-state index < -0.39 is 15.9 Å². The van der Waals surface area contributed by atoms with Crippen LogP contribution < -0.4 is 18.9 Å². The molecule has 1 amide bonds. The highest BCUT2D eigenvalue weighted by Gasteiger charge is 2.35. The second kappa shape index (κ2) is 11.4. The predicted molar refractivity (Wildman–Crippen MR) is 132 cm³/mol. The molecule has 2 aromatic rings. The van der Waals surface area contributed by atoms with E-state index in [1.807, 2.05) is 0 Å². The number of hydrogen-bond acceptors (Lipinski definition) is 7. The van der Waals surface area contributed by atoms with Gasteiger partial charge in [-0.2, -0.15) is 4.31 Å². The number of nitrogens with zero attached hydrogens (tertiary/aromatic N) is 2. The van der Waals surface area contributed by atoms with Crippen molar-refractivity contribution in [3.63, 3.8) is 0 Å². The number of sulfonamides is 1. The molecule has 2 aromatic carbocycles. The molecule has 0 N–H and O–H groups in total. The lowest BCUT2D eigenvalue weighted by Crippen LogP contribution is -2.45. The van der Waals surface area contributed by atoms with Gasteiger partial charge in [-0.1, -0.05) is 11.6 Å². The van der Waals surface area contributed by atoms with E-state index in [1.54, 1.807) is 24.1 Å². The van der Waals surface area contributed by atoms with Gasteiger partial charge in [-0.05, 0) is 48.7 Å². The van der Waals surface area contributed by atoms with Crippen molar-refractivity contribution in [2.24, 2.45) is 5.92 Å². The van der Waals surface area contributed by atoms with Crippen LogP contribution in [-0.2, 0) is 21.4 Å². The highest BCUT2D eigenvalue weighted by atomic mass is 35.5. The molecule has 1 saturated heterocycles. The number of ether oxygens (including phenoxy) is 4. The summed E-state index contributed by atoms with van der Waals surface area (Å²) in [5.74, 6) is 1.27. The molecule has 9 nitrogen and oxygen atoms in total. The maximum Gasteiger partial charge on any atom is 0.243 e. The first kappa shape index (κ1) is 26.9. The molecule has 1 aliphatic heterocycles. The van der Waals surface area contributed by atoms with Crippen LogP contribution >= 0.6 is 11.6 Å². The quantitative estimate of drug-likeness (QED) is 0.494. The van der Waals surface area contributed by atoms with Gasteiger partial charge in [-0.25, -0.2) is 8.42 Å². The van der Waals surface area contributed by atoms with Crippen LogP contribution in [0, 0.1) is 5.92 Å². The maximum atomic E-state index is 13.3. The monoisotopic (exact) mass is 526 g/mol. The number of halogens is 1. The van der Waals surface area contributed by atoms with Crippen LogP contribution in [0.5, 0.6) is 23.0 Å². The van der Waals surface area contributed by atoms with Crippen molar-refractivity contribution in [1.29, 1.82) is 0 Å². The molecule has 0 unspecified atom stereocenters. The molecule has 11 heteroatoms. The lowest BCUT2D eigenvalue weighted by atomic mass is 9.98. The summed E-state index contributed by atoms with van der Waals surface area (Å²) in [5.41, 5.74) is 0.795. The zero-order valence-electron chi connectivity index (χ0n) is 20.5. The van der Waals surface area contributed by atoms with E-state index in [2.05, 4.69) is 0 Å². The van der Waals surface area contributed by atoms with E-state index in [1.165, 1.54) is 50.9 Å². The van der Waals surface area contributed by atoms with Crippen molar-refractivity contribution < 1.29 is 32.2 Å². The molecule has 0 aliphatic carbocycles. The summed E-state index contributed by atoms with van der Waals surface area (Å²) in [7, 11) is 3.94. The van der Waals surface area contributed by atoms with Crippen molar-refractivity contribution in [1.82, 2.24) is 9.21 Å². The van der Waals surface area contributed by atoms with E-state index in [4.69, 9.17) is 30.5 Å². The molecule has 1 fully saturated rings. The van der Waals surface area contributed by atoms with Crippen LogP contribution in [0.2, 0.25) is 5.02 Å². The Morgan fingerprint density at radius 1 is 1.03 bits per heavy atom. The smallest absolute Gasteiger partial charge is 0.243 e. The van der Waals surface area contributed by atoms with Crippen molar-refractivity contribution >= 4 is 27.5 Å². The van der Waals surface area contributed by atoms with E-state index in [9.17, 15) is 13.2 Å². The molecule has 35 heavy (non-hydrogen) atoms. The summed E-state index contributed by atoms with van der Waals surface area (Å²) >= 11 is 6.14. The number of hydrogen-bond donors (Lipinski definition) is 0. The number of amides is 1. The van der Waals surface area contributed by atoms with Gasteiger partial charge in [0.1, 0.15) is 5.75 Å². The third-order valence-electron chi connectivity index (χ3n) is 6.01. The van der Waals surface area contributed by atoms with Gasteiger partial charge in [-0.3, -0.25) is 4.79 Å². The first-order chi connectivity index (χ1) is 16.7. The molecule has 3 rings (SSSR count). The topological polar surface area (TPSA) is 94.6 Å². The SMILES string of the molecule is COc1ccc(S(=O)(=O)N2CCC[C@@H](C(=O)N(C)Cc3cc(OC)c(OC)c(OC)c3)C2)cc1Cl. The molecule has 0 aromatic heterocycles. The number of piperidine rings is 1. The predicted octanol–water partition coefficient (Wildman–Crippen LogP) is 3.43. The first-order valence-electron chi connectivity index (χ1n) is 11.0. The number of benzene rings is 2. The fourth-order valence-electron chi connectivity index (χ4n) is 4.21. The Balaban J connectivity index is 1.75. The van der Waals surface area contributed by atoms with Gasteiger partial charge < -0.3 is 23.8 Å². The zero-order chi connectivity index (χ0) is 25.8. The van der Waals surface area contributed by atoms with Crippen LogP contribution in [0.15, 0.2) is 35.2 Å². The largest absolute Gasteiger partial charge is 0.495 e. The lowest BCUT2D eigenvalue weighted by Gasteiger charge is -2.33. The Morgan fingerprint density at radius 2 is 1.66 bits per heavy atom. The number of rotatable bonds is 9. The van der Waals surface area contributed by atoms with Gasteiger partial charge in [0.2, 0.25) is 21.7 Å². The van der Waals surface area contributed by atoms with Crippen LogP contribution in [0.1, 0.15) is 18.4 Å². The van der Waals surface area contributed by atoms with Crippen molar-refractivity contribution in [2.45, 2.75) is 24.3 Å². The van der Waals surface area contributed by atoms with E-state index in [0.717, 1.165) is 5.56 Å².